The number of carboxylic acid groups (broad SMARTS) is 1. The van der Waals surface area contributed by atoms with Crippen LogP contribution in [0.25, 0.3) is 0 Å². The van der Waals surface area contributed by atoms with Gasteiger partial charge in [0.2, 0.25) is 0 Å². The Hall–Kier alpha value is -2.04. The highest BCUT2D eigenvalue weighted by Gasteiger charge is 2.41. The van der Waals surface area contributed by atoms with E-state index in [9.17, 15) is 9.59 Å². The van der Waals surface area contributed by atoms with Gasteiger partial charge in [0.05, 0.1) is 6.54 Å². The third-order valence-electron chi connectivity index (χ3n) is 3.61. The Morgan fingerprint density at radius 1 is 1.45 bits per heavy atom. The highest BCUT2D eigenvalue weighted by Crippen LogP contribution is 2.28. The largest absolute Gasteiger partial charge is 0.481 e. The van der Waals surface area contributed by atoms with Crippen molar-refractivity contribution >= 4 is 12.1 Å². The van der Waals surface area contributed by atoms with E-state index in [1.807, 2.05) is 31.2 Å². The molecule has 1 aliphatic heterocycles. The van der Waals surface area contributed by atoms with Crippen LogP contribution in [0.5, 0.6) is 0 Å². The fraction of sp³-hybridized carbons (Fsp3) is 0.467. The molecule has 0 spiro atoms. The van der Waals surface area contributed by atoms with Gasteiger partial charge >= 0.3 is 12.1 Å². The van der Waals surface area contributed by atoms with E-state index < -0.39 is 11.6 Å². The molecule has 0 saturated carbocycles. The summed E-state index contributed by atoms with van der Waals surface area (Å²) in [5.41, 5.74) is 1.49. The zero-order valence-corrected chi connectivity index (χ0v) is 11.8. The van der Waals surface area contributed by atoms with E-state index in [-0.39, 0.29) is 12.5 Å². The van der Waals surface area contributed by atoms with E-state index >= 15 is 0 Å². The number of rotatable bonds is 5. The van der Waals surface area contributed by atoms with Crippen LogP contribution in [0.4, 0.5) is 4.79 Å². The Bertz CT molecular complexity index is 528. The topological polar surface area (TPSA) is 66.8 Å². The maximum atomic E-state index is 11.9. The molecule has 1 aromatic rings. The van der Waals surface area contributed by atoms with Gasteiger partial charge in [-0.25, -0.2) is 4.79 Å². The zero-order chi connectivity index (χ0) is 14.8. The van der Waals surface area contributed by atoms with Crippen LogP contribution >= 0.6 is 0 Å². The number of carbonyl (C=O) groups is 2. The van der Waals surface area contributed by atoms with E-state index in [1.54, 1.807) is 11.8 Å². The Kier molecular flexibility index (Phi) is 3.97. The standard InChI is InChI=1S/C15H19NO4/c1-11-5-3-4-6-12(11)9-16-10-15(2,20-14(16)19)8-7-13(17)18/h3-6H,7-10H2,1-2H3,(H,17,18). The van der Waals surface area contributed by atoms with Crippen LogP contribution in [0.1, 0.15) is 30.9 Å². The lowest BCUT2D eigenvalue weighted by Gasteiger charge is -2.21. The Labute approximate surface area is 118 Å². The summed E-state index contributed by atoms with van der Waals surface area (Å²) in [6.45, 7) is 4.70. The van der Waals surface area contributed by atoms with Crippen molar-refractivity contribution in [3.05, 3.63) is 35.4 Å². The van der Waals surface area contributed by atoms with Gasteiger partial charge in [0.25, 0.3) is 0 Å². The molecule has 0 aliphatic carbocycles. The van der Waals surface area contributed by atoms with Crippen LogP contribution in [-0.4, -0.2) is 34.2 Å². The normalized spacial score (nSPS) is 21.9. The number of ether oxygens (including phenoxy) is 1. The monoisotopic (exact) mass is 277 g/mol. The molecular formula is C15H19NO4. The average molecular weight is 277 g/mol. The number of cyclic esters (lactones) is 1. The molecule has 1 fully saturated rings. The van der Waals surface area contributed by atoms with Gasteiger partial charge in [-0.2, -0.15) is 0 Å². The van der Waals surface area contributed by atoms with Gasteiger partial charge in [-0.05, 0) is 31.4 Å². The third kappa shape index (κ3) is 3.29. The maximum absolute atomic E-state index is 11.9. The summed E-state index contributed by atoms with van der Waals surface area (Å²) in [5, 5.41) is 8.74. The van der Waals surface area contributed by atoms with Crippen molar-refractivity contribution in [3.8, 4) is 0 Å². The number of aliphatic carboxylic acids is 1. The van der Waals surface area contributed by atoms with E-state index in [4.69, 9.17) is 9.84 Å². The van der Waals surface area contributed by atoms with Crippen molar-refractivity contribution in [3.63, 3.8) is 0 Å². The number of amides is 1. The number of nitrogens with zero attached hydrogens (tertiary/aromatic N) is 1. The molecule has 1 saturated heterocycles. The van der Waals surface area contributed by atoms with E-state index in [0.717, 1.165) is 11.1 Å². The molecular weight excluding hydrogens is 258 g/mol. The van der Waals surface area contributed by atoms with Crippen molar-refractivity contribution in [2.75, 3.05) is 6.54 Å². The molecule has 0 bridgehead atoms. The van der Waals surface area contributed by atoms with Gasteiger partial charge in [0, 0.05) is 13.0 Å². The van der Waals surface area contributed by atoms with Gasteiger partial charge in [-0.1, -0.05) is 24.3 Å². The first-order chi connectivity index (χ1) is 9.39. The molecule has 1 unspecified atom stereocenters. The fourth-order valence-electron chi connectivity index (χ4n) is 2.39. The Morgan fingerprint density at radius 3 is 2.80 bits per heavy atom. The number of benzene rings is 1. The molecule has 1 N–H and O–H groups in total. The summed E-state index contributed by atoms with van der Waals surface area (Å²) in [4.78, 5) is 24.2. The van der Waals surface area contributed by atoms with Gasteiger partial charge in [-0.3, -0.25) is 9.69 Å². The molecule has 0 aromatic heterocycles. The van der Waals surface area contributed by atoms with Gasteiger partial charge in [0.15, 0.2) is 0 Å². The highest BCUT2D eigenvalue weighted by molar-refractivity contribution is 5.71. The van der Waals surface area contributed by atoms with Crippen molar-refractivity contribution < 1.29 is 19.4 Å². The summed E-state index contributed by atoms with van der Waals surface area (Å²) in [6.07, 6.45) is -0.0403. The predicted octanol–water partition coefficient (Wildman–Crippen LogP) is 2.57. The highest BCUT2D eigenvalue weighted by atomic mass is 16.6. The smallest absolute Gasteiger partial charge is 0.410 e. The first-order valence-electron chi connectivity index (χ1n) is 6.64. The molecule has 1 aliphatic rings. The summed E-state index contributed by atoms with van der Waals surface area (Å²) >= 11 is 0. The van der Waals surface area contributed by atoms with Gasteiger partial charge < -0.3 is 9.84 Å². The fourth-order valence-corrected chi connectivity index (χ4v) is 2.39. The van der Waals surface area contributed by atoms with Gasteiger partial charge in [-0.15, -0.1) is 0 Å². The quantitative estimate of drug-likeness (QED) is 0.898. The molecule has 5 heteroatoms. The van der Waals surface area contributed by atoms with Crippen molar-refractivity contribution in [1.29, 1.82) is 0 Å². The lowest BCUT2D eigenvalue weighted by atomic mass is 10.00. The van der Waals surface area contributed by atoms with Crippen molar-refractivity contribution in [2.24, 2.45) is 0 Å². The van der Waals surface area contributed by atoms with E-state index in [0.29, 0.717) is 19.5 Å². The summed E-state index contributed by atoms with van der Waals surface area (Å²) < 4.78 is 5.35. The molecule has 0 radical (unpaired) electrons. The Morgan fingerprint density at radius 2 is 2.15 bits per heavy atom. The van der Waals surface area contributed by atoms with Crippen LogP contribution in [0.2, 0.25) is 0 Å². The first kappa shape index (κ1) is 14.4. The summed E-state index contributed by atoms with van der Waals surface area (Å²) in [5.74, 6) is -0.875. The Balaban J connectivity index is 2.02. The van der Waals surface area contributed by atoms with Crippen molar-refractivity contribution in [1.82, 2.24) is 4.90 Å². The minimum absolute atomic E-state index is 0.00197. The average Bonchev–Trinajstić information content (AvgIpc) is 2.66. The van der Waals surface area contributed by atoms with E-state index in [1.165, 1.54) is 0 Å². The third-order valence-corrected chi connectivity index (χ3v) is 3.61. The van der Waals surface area contributed by atoms with Gasteiger partial charge in [0.1, 0.15) is 5.60 Å². The van der Waals surface area contributed by atoms with Crippen LogP contribution in [0.15, 0.2) is 24.3 Å². The van der Waals surface area contributed by atoms with Crippen molar-refractivity contribution in [2.45, 2.75) is 38.8 Å². The zero-order valence-electron chi connectivity index (χ0n) is 11.8. The molecule has 1 heterocycles. The SMILES string of the molecule is Cc1ccccc1CN1CC(C)(CCC(=O)O)OC1=O. The first-order valence-corrected chi connectivity index (χ1v) is 6.64. The second-order valence-electron chi connectivity index (χ2n) is 5.49. The number of hydrogen-bond acceptors (Lipinski definition) is 3. The second kappa shape index (κ2) is 5.53. The van der Waals surface area contributed by atoms with Crippen LogP contribution in [0.3, 0.4) is 0 Å². The van der Waals surface area contributed by atoms with Crippen LogP contribution < -0.4 is 0 Å². The second-order valence-corrected chi connectivity index (χ2v) is 5.49. The number of aryl methyl sites for hydroxylation is 1. The van der Waals surface area contributed by atoms with Crippen LogP contribution in [0, 0.1) is 6.92 Å². The van der Waals surface area contributed by atoms with Crippen LogP contribution in [-0.2, 0) is 16.1 Å². The minimum Gasteiger partial charge on any atom is -0.481 e. The molecule has 108 valence electrons. The molecule has 20 heavy (non-hydrogen) atoms. The molecule has 1 amide bonds. The lowest BCUT2D eigenvalue weighted by Crippen LogP contribution is -2.31. The summed E-state index contributed by atoms with van der Waals surface area (Å²) in [7, 11) is 0. The molecule has 2 rings (SSSR count). The molecule has 1 aromatic carbocycles. The number of carbonyl (C=O) groups excluding carboxylic acids is 1. The molecule has 5 nitrogen and oxygen atoms in total. The lowest BCUT2D eigenvalue weighted by molar-refractivity contribution is -0.138. The maximum Gasteiger partial charge on any atom is 0.410 e. The minimum atomic E-state index is -0.875. The predicted molar refractivity (Wildman–Crippen MR) is 73.3 cm³/mol. The van der Waals surface area contributed by atoms with E-state index in [2.05, 4.69) is 0 Å². The summed E-state index contributed by atoms with van der Waals surface area (Å²) in [6, 6.07) is 7.88. The number of hydrogen-bond donors (Lipinski definition) is 1. The number of carboxylic acids is 1. The molecule has 1 atom stereocenters.